The molecule has 4 N–H and O–H groups in total. The highest BCUT2D eigenvalue weighted by Crippen LogP contribution is 2.47. The van der Waals surface area contributed by atoms with E-state index >= 15 is 0 Å². The molecule has 0 aliphatic rings. The van der Waals surface area contributed by atoms with E-state index in [4.69, 9.17) is 0 Å². The maximum absolute atomic E-state index is 13.0. The number of carboxylic acid groups (broad SMARTS) is 4. The van der Waals surface area contributed by atoms with E-state index in [0.717, 1.165) is 0 Å². The second-order valence-electron chi connectivity index (χ2n) is 9.97. The normalized spacial score (nSPS) is 12.9. The Bertz CT molecular complexity index is 1690. The third-order valence-corrected chi connectivity index (χ3v) is 7.63. The average Bonchev–Trinajstić information content (AvgIpc) is 3.01. The second kappa shape index (κ2) is 13.4. The molecule has 0 fully saturated rings. The van der Waals surface area contributed by atoms with Crippen LogP contribution in [0, 0.1) is 0 Å². The van der Waals surface area contributed by atoms with E-state index in [-0.39, 0.29) is 46.2 Å². The van der Waals surface area contributed by atoms with Crippen molar-refractivity contribution in [1.29, 1.82) is 0 Å². The molecule has 0 amide bonds. The highest BCUT2D eigenvalue weighted by molar-refractivity contribution is 5.93. The van der Waals surface area contributed by atoms with Crippen LogP contribution in [-0.4, -0.2) is 50.6 Å². The number of carboxylic acids is 4. The van der Waals surface area contributed by atoms with Gasteiger partial charge in [0.05, 0.1) is 22.3 Å². The van der Waals surface area contributed by atoms with Crippen LogP contribution in [0.15, 0.2) is 97.1 Å². The van der Waals surface area contributed by atoms with Crippen molar-refractivity contribution in [3.8, 4) is 0 Å². The van der Waals surface area contributed by atoms with Gasteiger partial charge in [0.2, 0.25) is 0 Å². The van der Waals surface area contributed by atoms with Gasteiger partial charge in [-0.05, 0) is 65.3 Å². The zero-order chi connectivity index (χ0) is 31.1. The minimum absolute atomic E-state index is 0.0541. The minimum Gasteiger partial charge on any atom is -0.478 e. The molecular formula is C34H28O9. The predicted octanol–water partition coefficient (Wildman–Crippen LogP) is 5.96. The summed E-state index contributed by atoms with van der Waals surface area (Å²) in [5.74, 6) is -8.09. The molecule has 9 heteroatoms. The Morgan fingerprint density at radius 1 is 0.535 bits per heavy atom. The van der Waals surface area contributed by atoms with Crippen LogP contribution in [0.2, 0.25) is 0 Å². The minimum atomic E-state index is -1.29. The molecule has 218 valence electrons. The van der Waals surface area contributed by atoms with Crippen LogP contribution in [0.25, 0.3) is 0 Å². The van der Waals surface area contributed by atoms with Crippen molar-refractivity contribution >= 4 is 30.2 Å². The molecule has 4 aromatic rings. The molecule has 0 aliphatic heterocycles. The molecule has 0 saturated carbocycles. The van der Waals surface area contributed by atoms with Crippen LogP contribution in [0.1, 0.15) is 87.9 Å². The molecule has 43 heavy (non-hydrogen) atoms. The van der Waals surface area contributed by atoms with Gasteiger partial charge in [-0.1, -0.05) is 72.8 Å². The van der Waals surface area contributed by atoms with Crippen LogP contribution in [0.3, 0.4) is 0 Å². The van der Waals surface area contributed by atoms with Gasteiger partial charge in [-0.25, -0.2) is 19.2 Å². The lowest BCUT2D eigenvalue weighted by molar-refractivity contribution is -0.109. The highest BCUT2D eigenvalue weighted by atomic mass is 16.4. The predicted molar refractivity (Wildman–Crippen MR) is 156 cm³/mol. The molecule has 0 aromatic heterocycles. The van der Waals surface area contributed by atoms with E-state index < -0.39 is 41.6 Å². The van der Waals surface area contributed by atoms with Crippen LogP contribution in [0.4, 0.5) is 0 Å². The van der Waals surface area contributed by atoms with Crippen LogP contribution in [0.5, 0.6) is 0 Å². The highest BCUT2D eigenvalue weighted by Gasteiger charge is 2.38. The van der Waals surface area contributed by atoms with Crippen molar-refractivity contribution < 1.29 is 44.4 Å². The number of carbonyl (C=O) groups excluding carboxylic acids is 1. The maximum Gasteiger partial charge on any atom is 0.335 e. The van der Waals surface area contributed by atoms with Gasteiger partial charge in [-0.15, -0.1) is 0 Å². The van der Waals surface area contributed by atoms with Crippen LogP contribution >= 0.6 is 0 Å². The lowest BCUT2D eigenvalue weighted by Crippen LogP contribution is -2.26. The van der Waals surface area contributed by atoms with E-state index in [1.165, 1.54) is 48.5 Å². The first kappa shape index (κ1) is 30.4. The SMILES string of the molecule is O=CC(c1ccccc1C(=O)O)C(c1ccccc1C(=O)O)C(CCc1ccccc1C(=O)O)c1ccccc1C(=O)O. The molecular weight excluding hydrogens is 552 g/mol. The lowest BCUT2D eigenvalue weighted by atomic mass is 9.67. The summed E-state index contributed by atoms with van der Waals surface area (Å²) in [5.41, 5.74) is 0.809. The number of aldehydes is 1. The monoisotopic (exact) mass is 580 g/mol. The quantitative estimate of drug-likeness (QED) is 0.139. The smallest absolute Gasteiger partial charge is 0.335 e. The molecule has 4 aromatic carbocycles. The molecule has 0 bridgehead atoms. The van der Waals surface area contributed by atoms with Gasteiger partial charge in [0, 0.05) is 11.8 Å². The largest absolute Gasteiger partial charge is 0.478 e. The molecule has 0 heterocycles. The van der Waals surface area contributed by atoms with E-state index in [2.05, 4.69) is 0 Å². The Kier molecular flexibility index (Phi) is 9.47. The van der Waals surface area contributed by atoms with E-state index in [0.29, 0.717) is 17.4 Å². The summed E-state index contributed by atoms with van der Waals surface area (Å²) in [7, 11) is 0. The fraction of sp³-hybridized carbons (Fsp3) is 0.147. The third kappa shape index (κ3) is 6.51. The number of carbonyl (C=O) groups is 5. The molecule has 0 saturated heterocycles. The van der Waals surface area contributed by atoms with E-state index in [1.807, 2.05) is 0 Å². The van der Waals surface area contributed by atoms with Crippen LogP contribution < -0.4 is 0 Å². The van der Waals surface area contributed by atoms with Gasteiger partial charge < -0.3 is 25.2 Å². The second-order valence-corrected chi connectivity index (χ2v) is 9.97. The van der Waals surface area contributed by atoms with E-state index in [9.17, 15) is 44.4 Å². The van der Waals surface area contributed by atoms with Crippen molar-refractivity contribution in [1.82, 2.24) is 0 Å². The van der Waals surface area contributed by atoms with Crippen molar-refractivity contribution in [3.05, 3.63) is 142 Å². The first-order chi connectivity index (χ1) is 20.6. The first-order valence-electron chi connectivity index (χ1n) is 13.4. The topological polar surface area (TPSA) is 166 Å². The fourth-order valence-corrected chi connectivity index (χ4v) is 5.78. The Morgan fingerprint density at radius 3 is 1.44 bits per heavy atom. The number of hydrogen-bond donors (Lipinski definition) is 4. The third-order valence-electron chi connectivity index (χ3n) is 7.63. The molecule has 0 spiro atoms. The van der Waals surface area contributed by atoms with Crippen molar-refractivity contribution in [3.63, 3.8) is 0 Å². The average molecular weight is 581 g/mol. The first-order valence-corrected chi connectivity index (χ1v) is 13.4. The van der Waals surface area contributed by atoms with Crippen LogP contribution in [-0.2, 0) is 11.2 Å². The summed E-state index contributed by atoms with van der Waals surface area (Å²) in [6.07, 6.45) is 0.804. The Morgan fingerprint density at radius 2 is 0.930 bits per heavy atom. The number of aromatic carboxylic acids is 4. The molecule has 4 rings (SSSR count). The summed E-state index contributed by atoms with van der Waals surface area (Å²) < 4.78 is 0. The van der Waals surface area contributed by atoms with Crippen molar-refractivity contribution in [2.24, 2.45) is 0 Å². The standard InChI is InChI=1S/C34H28O9/c35-19-29(23-12-4-7-15-27(23)33(40)41)30(24-13-5-8-16-28(24)34(42)43)25(22-11-3-6-14-26(22)32(38)39)18-17-20-9-1-2-10-21(20)31(36)37/h1-16,19,25,29-30H,17-18H2,(H,36,37)(H,38,39)(H,40,41)(H,42,43). The maximum atomic E-state index is 13.0. The Labute approximate surface area is 246 Å². The van der Waals surface area contributed by atoms with Gasteiger partial charge >= 0.3 is 23.9 Å². The Hall–Kier alpha value is -5.57. The molecule has 0 aliphatic carbocycles. The molecule has 0 radical (unpaired) electrons. The fourth-order valence-electron chi connectivity index (χ4n) is 5.78. The van der Waals surface area contributed by atoms with E-state index in [1.54, 1.807) is 48.5 Å². The van der Waals surface area contributed by atoms with Gasteiger partial charge in [0.25, 0.3) is 0 Å². The number of hydrogen-bond acceptors (Lipinski definition) is 5. The lowest BCUT2D eigenvalue weighted by Gasteiger charge is -2.34. The summed E-state index contributed by atoms with van der Waals surface area (Å²) in [5, 5.41) is 40.0. The molecule has 3 unspecified atom stereocenters. The summed E-state index contributed by atoms with van der Waals surface area (Å²) in [6.45, 7) is 0. The molecule has 9 nitrogen and oxygen atoms in total. The van der Waals surface area contributed by atoms with Gasteiger partial charge in [0.1, 0.15) is 6.29 Å². The summed E-state index contributed by atoms with van der Waals surface area (Å²) in [6, 6.07) is 24.4. The number of rotatable bonds is 13. The van der Waals surface area contributed by atoms with Gasteiger partial charge in [-0.3, -0.25) is 0 Å². The Balaban J connectivity index is 2.03. The van der Waals surface area contributed by atoms with Crippen molar-refractivity contribution in [2.75, 3.05) is 0 Å². The summed E-state index contributed by atoms with van der Waals surface area (Å²) >= 11 is 0. The number of benzene rings is 4. The van der Waals surface area contributed by atoms with Gasteiger partial charge in [0.15, 0.2) is 0 Å². The zero-order valence-electron chi connectivity index (χ0n) is 22.8. The van der Waals surface area contributed by atoms with Crippen molar-refractivity contribution in [2.45, 2.75) is 30.6 Å². The number of aryl methyl sites for hydroxylation is 1. The molecule has 3 atom stereocenters. The zero-order valence-corrected chi connectivity index (χ0v) is 22.8. The summed E-state index contributed by atoms with van der Waals surface area (Å²) in [4.78, 5) is 62.0. The van der Waals surface area contributed by atoms with Gasteiger partial charge in [-0.2, -0.15) is 0 Å².